The minimum atomic E-state index is -4.46. The smallest absolute Gasteiger partial charge is 0.416 e. The molecule has 0 saturated heterocycles. The summed E-state index contributed by atoms with van der Waals surface area (Å²) in [5.74, 6) is -0.995. The molecule has 1 aromatic rings. The van der Waals surface area contributed by atoms with Crippen LogP contribution in [0.15, 0.2) is 24.3 Å². The second-order valence-corrected chi connectivity index (χ2v) is 6.59. The molecule has 1 fully saturated rings. The predicted molar refractivity (Wildman–Crippen MR) is 85.8 cm³/mol. The van der Waals surface area contributed by atoms with Crippen LogP contribution in [-0.4, -0.2) is 24.5 Å². The number of nitrogens with one attached hydrogen (secondary N) is 1. The maximum Gasteiger partial charge on any atom is 0.416 e. The number of hydrogen-bond acceptors (Lipinski definition) is 3. The predicted octanol–water partition coefficient (Wildman–Crippen LogP) is 3.59. The highest BCUT2D eigenvalue weighted by Gasteiger charge is 2.44. The molecule has 1 amide bonds. The molecule has 138 valence electrons. The molecule has 0 aliphatic heterocycles. The molecule has 1 N–H and O–H groups in total. The van der Waals surface area contributed by atoms with Gasteiger partial charge < -0.3 is 10.1 Å². The Morgan fingerprint density at radius 2 is 1.88 bits per heavy atom. The zero-order chi connectivity index (χ0) is 18.7. The van der Waals surface area contributed by atoms with Gasteiger partial charge in [-0.25, -0.2) is 0 Å². The molecule has 0 unspecified atom stereocenters. The van der Waals surface area contributed by atoms with Crippen LogP contribution in [0.1, 0.15) is 50.7 Å². The van der Waals surface area contributed by atoms with E-state index >= 15 is 0 Å². The summed E-state index contributed by atoms with van der Waals surface area (Å²) in [6, 6.07) is 4.90. The molecule has 0 aromatic heterocycles. The summed E-state index contributed by atoms with van der Waals surface area (Å²) in [6.07, 6.45) is -2.35. The molecule has 0 bridgehead atoms. The quantitative estimate of drug-likeness (QED) is 0.820. The topological polar surface area (TPSA) is 55.4 Å². The molecular weight excluding hydrogens is 335 g/mol. The summed E-state index contributed by atoms with van der Waals surface area (Å²) in [4.78, 5) is 24.3. The Labute approximate surface area is 144 Å². The Hall–Kier alpha value is -2.05. The lowest BCUT2D eigenvalue weighted by Crippen LogP contribution is -2.45. The first-order chi connectivity index (χ1) is 11.6. The first kappa shape index (κ1) is 19.3. The number of ether oxygens (including phenoxy) is 1. The largest absolute Gasteiger partial charge is 0.462 e. The van der Waals surface area contributed by atoms with E-state index in [0.717, 1.165) is 25.0 Å². The fraction of sp³-hybridized carbons (Fsp3) is 0.556. The minimum Gasteiger partial charge on any atom is -0.462 e. The molecule has 4 nitrogen and oxygen atoms in total. The highest BCUT2D eigenvalue weighted by atomic mass is 19.4. The van der Waals surface area contributed by atoms with Crippen molar-refractivity contribution in [2.45, 2.75) is 57.2 Å². The van der Waals surface area contributed by atoms with Crippen LogP contribution in [0.2, 0.25) is 0 Å². The number of amides is 1. The van der Waals surface area contributed by atoms with E-state index in [9.17, 15) is 22.8 Å². The standard InChI is InChI=1S/C18H22F3NO3/c1-12(2)25-15(23)11-22-16(24)17(8-3-4-9-17)13-6-5-7-14(10-13)18(19,20)21/h5-7,10,12H,3-4,8-9,11H2,1-2H3,(H,22,24). The van der Waals surface area contributed by atoms with Gasteiger partial charge in [-0.2, -0.15) is 13.2 Å². The number of esters is 1. The van der Waals surface area contributed by atoms with Crippen LogP contribution < -0.4 is 5.32 Å². The average molecular weight is 357 g/mol. The number of hydrogen-bond donors (Lipinski definition) is 1. The van der Waals surface area contributed by atoms with Crippen molar-refractivity contribution in [1.29, 1.82) is 0 Å². The van der Waals surface area contributed by atoms with Crippen LogP contribution in [0.5, 0.6) is 0 Å². The van der Waals surface area contributed by atoms with Gasteiger partial charge in [-0.15, -0.1) is 0 Å². The molecule has 25 heavy (non-hydrogen) atoms. The minimum absolute atomic E-state index is 0.294. The van der Waals surface area contributed by atoms with Gasteiger partial charge in [-0.05, 0) is 38.3 Å². The van der Waals surface area contributed by atoms with Crippen LogP contribution >= 0.6 is 0 Å². The lowest BCUT2D eigenvalue weighted by molar-refractivity contribution is -0.147. The van der Waals surface area contributed by atoms with Gasteiger partial charge >= 0.3 is 12.1 Å². The summed E-state index contributed by atoms with van der Waals surface area (Å²) in [7, 11) is 0. The van der Waals surface area contributed by atoms with Crippen LogP contribution in [0.3, 0.4) is 0 Å². The molecule has 0 radical (unpaired) electrons. The Morgan fingerprint density at radius 1 is 1.24 bits per heavy atom. The molecule has 1 aliphatic rings. The van der Waals surface area contributed by atoms with Crippen molar-refractivity contribution in [3.05, 3.63) is 35.4 Å². The second kappa shape index (κ2) is 7.45. The van der Waals surface area contributed by atoms with Crippen LogP contribution in [0.4, 0.5) is 13.2 Å². The number of alkyl halides is 3. The fourth-order valence-corrected chi connectivity index (χ4v) is 3.24. The summed E-state index contributed by atoms with van der Waals surface area (Å²) < 4.78 is 43.9. The van der Waals surface area contributed by atoms with Crippen LogP contribution in [0.25, 0.3) is 0 Å². The average Bonchev–Trinajstić information content (AvgIpc) is 3.02. The van der Waals surface area contributed by atoms with Crippen LogP contribution in [-0.2, 0) is 25.9 Å². The number of carbonyl (C=O) groups excluding carboxylic acids is 2. The van der Waals surface area contributed by atoms with Gasteiger partial charge in [0.15, 0.2) is 0 Å². The molecule has 1 aromatic carbocycles. The lowest BCUT2D eigenvalue weighted by atomic mass is 9.77. The molecule has 2 rings (SSSR count). The van der Waals surface area contributed by atoms with Crippen molar-refractivity contribution in [3.63, 3.8) is 0 Å². The second-order valence-electron chi connectivity index (χ2n) is 6.59. The van der Waals surface area contributed by atoms with E-state index in [2.05, 4.69) is 5.32 Å². The van der Waals surface area contributed by atoms with Gasteiger partial charge in [-0.1, -0.05) is 31.0 Å². The van der Waals surface area contributed by atoms with Gasteiger partial charge in [0.25, 0.3) is 0 Å². The van der Waals surface area contributed by atoms with Crippen LogP contribution in [0, 0.1) is 0 Å². The van der Waals surface area contributed by atoms with E-state index in [1.54, 1.807) is 19.9 Å². The van der Waals surface area contributed by atoms with Gasteiger partial charge in [0, 0.05) is 0 Å². The van der Waals surface area contributed by atoms with E-state index in [4.69, 9.17) is 4.74 Å². The normalized spacial score (nSPS) is 16.7. The number of rotatable bonds is 5. The summed E-state index contributed by atoms with van der Waals surface area (Å²) in [5.41, 5.74) is -1.46. The lowest BCUT2D eigenvalue weighted by Gasteiger charge is -2.29. The van der Waals surface area contributed by atoms with Crippen molar-refractivity contribution in [3.8, 4) is 0 Å². The maximum atomic E-state index is 13.0. The third-order valence-electron chi connectivity index (χ3n) is 4.39. The summed E-state index contributed by atoms with van der Waals surface area (Å²) >= 11 is 0. The Morgan fingerprint density at radius 3 is 2.44 bits per heavy atom. The molecule has 7 heteroatoms. The zero-order valence-electron chi connectivity index (χ0n) is 14.3. The van der Waals surface area contributed by atoms with Gasteiger partial charge in [-0.3, -0.25) is 9.59 Å². The molecule has 1 saturated carbocycles. The number of carbonyl (C=O) groups is 2. The number of halogens is 3. The highest BCUT2D eigenvalue weighted by molar-refractivity contribution is 5.91. The monoisotopic (exact) mass is 357 g/mol. The van der Waals surface area contributed by atoms with Gasteiger partial charge in [0.2, 0.25) is 5.91 Å². The molecule has 0 atom stereocenters. The molecule has 1 aliphatic carbocycles. The van der Waals surface area contributed by atoms with Crippen molar-refractivity contribution >= 4 is 11.9 Å². The number of benzene rings is 1. The third-order valence-corrected chi connectivity index (χ3v) is 4.39. The first-order valence-electron chi connectivity index (χ1n) is 8.31. The molecular formula is C18H22F3NO3. The first-order valence-corrected chi connectivity index (χ1v) is 8.31. The van der Waals surface area contributed by atoms with E-state index in [-0.39, 0.29) is 12.6 Å². The van der Waals surface area contributed by atoms with E-state index in [0.29, 0.717) is 18.4 Å². The molecule has 0 heterocycles. The van der Waals surface area contributed by atoms with Gasteiger partial charge in [0.05, 0.1) is 17.1 Å². The van der Waals surface area contributed by atoms with Crippen molar-refractivity contribution in [1.82, 2.24) is 5.32 Å². The zero-order valence-corrected chi connectivity index (χ0v) is 14.3. The summed E-state index contributed by atoms with van der Waals surface area (Å²) in [5, 5.41) is 2.53. The van der Waals surface area contributed by atoms with E-state index < -0.39 is 29.0 Å². The third kappa shape index (κ3) is 4.52. The Kier molecular flexibility index (Phi) is 5.75. The molecule has 0 spiro atoms. The highest BCUT2D eigenvalue weighted by Crippen LogP contribution is 2.43. The van der Waals surface area contributed by atoms with Crippen molar-refractivity contribution in [2.24, 2.45) is 0 Å². The maximum absolute atomic E-state index is 13.0. The summed E-state index contributed by atoms with van der Waals surface area (Å²) in [6.45, 7) is 3.10. The fourth-order valence-electron chi connectivity index (χ4n) is 3.24. The van der Waals surface area contributed by atoms with Crippen molar-refractivity contribution < 1.29 is 27.5 Å². The SMILES string of the molecule is CC(C)OC(=O)CNC(=O)C1(c2cccc(C(F)(F)F)c2)CCCC1. The Bertz CT molecular complexity index is 635. The van der Waals surface area contributed by atoms with E-state index in [1.165, 1.54) is 6.07 Å². The van der Waals surface area contributed by atoms with Crippen molar-refractivity contribution in [2.75, 3.05) is 6.54 Å². The van der Waals surface area contributed by atoms with E-state index in [1.807, 2.05) is 0 Å². The van der Waals surface area contributed by atoms with Gasteiger partial charge in [0.1, 0.15) is 6.54 Å². The Balaban J connectivity index is 2.21.